The normalized spacial score (nSPS) is 10.0. The van der Waals surface area contributed by atoms with Gasteiger partial charge in [0.25, 0.3) is 0 Å². The minimum absolute atomic E-state index is 0.0222. The predicted octanol–water partition coefficient (Wildman–Crippen LogP) is 0.842. The topological polar surface area (TPSA) is 85.6 Å². The van der Waals surface area contributed by atoms with E-state index in [1.54, 1.807) is 20.3 Å². The van der Waals surface area contributed by atoms with Crippen molar-refractivity contribution in [3.63, 3.8) is 0 Å². The molecule has 0 bridgehead atoms. The van der Waals surface area contributed by atoms with Crippen molar-refractivity contribution >= 4 is 17.3 Å². The lowest BCUT2D eigenvalue weighted by molar-refractivity contribution is -0.121. The van der Waals surface area contributed by atoms with Gasteiger partial charge >= 0.3 is 0 Å². The van der Waals surface area contributed by atoms with Crippen LogP contribution in [0.5, 0.6) is 5.75 Å². The van der Waals surface area contributed by atoms with Gasteiger partial charge in [0, 0.05) is 26.6 Å². The molecule has 6 heteroatoms. The molecule has 0 aromatic heterocycles. The highest BCUT2D eigenvalue weighted by atomic mass is 16.5. The zero-order valence-corrected chi connectivity index (χ0v) is 11.4. The highest BCUT2D eigenvalue weighted by Crippen LogP contribution is 2.28. The lowest BCUT2D eigenvalue weighted by Crippen LogP contribution is -2.28. The Morgan fingerprint density at radius 2 is 2.11 bits per heavy atom. The van der Waals surface area contributed by atoms with Crippen LogP contribution in [-0.4, -0.2) is 39.8 Å². The zero-order chi connectivity index (χ0) is 14.1. The number of carbonyl (C=O) groups is 1. The molecule has 19 heavy (non-hydrogen) atoms. The number of rotatable bonds is 8. The van der Waals surface area contributed by atoms with Crippen LogP contribution in [0.25, 0.3) is 0 Å². The number of hydrogen-bond acceptors (Lipinski definition) is 5. The fourth-order valence-electron chi connectivity index (χ4n) is 1.57. The van der Waals surface area contributed by atoms with E-state index in [-0.39, 0.29) is 5.91 Å². The second-order valence-electron chi connectivity index (χ2n) is 3.94. The molecule has 1 aromatic rings. The number of amides is 1. The van der Waals surface area contributed by atoms with Gasteiger partial charge in [-0.2, -0.15) is 0 Å². The number of ether oxygens (including phenoxy) is 2. The Morgan fingerprint density at radius 1 is 1.32 bits per heavy atom. The molecule has 4 N–H and O–H groups in total. The summed E-state index contributed by atoms with van der Waals surface area (Å²) in [6.07, 6.45) is 0.375. The standard InChI is InChI=1S/C13H21N3O3/c1-18-9-8-16-12(17)6-7-15-10-4-3-5-11(19-2)13(10)14/h3-5,15H,6-9,14H2,1-2H3,(H,16,17). The molecule has 0 saturated carbocycles. The molecule has 0 unspecified atom stereocenters. The fourth-order valence-corrected chi connectivity index (χ4v) is 1.57. The second kappa shape index (κ2) is 8.20. The van der Waals surface area contributed by atoms with Crippen LogP contribution >= 0.6 is 0 Å². The number of benzene rings is 1. The maximum absolute atomic E-state index is 11.5. The molecule has 0 saturated heterocycles. The Morgan fingerprint density at radius 3 is 2.79 bits per heavy atom. The van der Waals surface area contributed by atoms with Crippen LogP contribution in [0, 0.1) is 0 Å². The first-order valence-corrected chi connectivity index (χ1v) is 6.11. The summed E-state index contributed by atoms with van der Waals surface area (Å²) in [6, 6.07) is 5.48. The van der Waals surface area contributed by atoms with Gasteiger partial charge < -0.3 is 25.8 Å². The number of para-hydroxylation sites is 1. The molecule has 0 spiro atoms. The molecule has 0 aliphatic heterocycles. The van der Waals surface area contributed by atoms with Crippen LogP contribution in [0.3, 0.4) is 0 Å². The van der Waals surface area contributed by atoms with Crippen molar-refractivity contribution < 1.29 is 14.3 Å². The van der Waals surface area contributed by atoms with Crippen molar-refractivity contribution in [1.29, 1.82) is 0 Å². The number of anilines is 2. The van der Waals surface area contributed by atoms with Gasteiger partial charge in [-0.3, -0.25) is 4.79 Å². The summed E-state index contributed by atoms with van der Waals surface area (Å²) in [5, 5.41) is 5.86. The van der Waals surface area contributed by atoms with E-state index in [2.05, 4.69) is 10.6 Å². The number of nitrogens with one attached hydrogen (secondary N) is 2. The third kappa shape index (κ3) is 5.05. The number of hydrogen-bond donors (Lipinski definition) is 3. The van der Waals surface area contributed by atoms with Crippen LogP contribution in [0.2, 0.25) is 0 Å². The SMILES string of the molecule is COCCNC(=O)CCNc1cccc(OC)c1N. The Labute approximate surface area is 113 Å². The molecule has 0 fully saturated rings. The van der Waals surface area contributed by atoms with Gasteiger partial charge in [0.15, 0.2) is 0 Å². The van der Waals surface area contributed by atoms with Gasteiger partial charge in [-0.15, -0.1) is 0 Å². The summed E-state index contributed by atoms with van der Waals surface area (Å²) < 4.78 is 9.97. The van der Waals surface area contributed by atoms with E-state index in [4.69, 9.17) is 15.2 Å². The third-order valence-corrected chi connectivity index (χ3v) is 2.58. The van der Waals surface area contributed by atoms with E-state index in [0.29, 0.717) is 37.6 Å². The highest BCUT2D eigenvalue weighted by molar-refractivity contribution is 5.77. The van der Waals surface area contributed by atoms with Gasteiger partial charge in [0.2, 0.25) is 5.91 Å². The molecule has 1 aromatic carbocycles. The van der Waals surface area contributed by atoms with E-state index in [1.165, 1.54) is 0 Å². The number of carbonyl (C=O) groups excluding carboxylic acids is 1. The minimum atomic E-state index is -0.0222. The van der Waals surface area contributed by atoms with E-state index >= 15 is 0 Å². The van der Waals surface area contributed by atoms with Crippen molar-refractivity contribution in [2.75, 3.05) is 45.0 Å². The lowest BCUT2D eigenvalue weighted by atomic mass is 10.2. The molecule has 6 nitrogen and oxygen atoms in total. The summed E-state index contributed by atoms with van der Waals surface area (Å²) in [6.45, 7) is 1.55. The molecule has 106 valence electrons. The molecule has 1 rings (SSSR count). The van der Waals surface area contributed by atoms with Crippen LogP contribution in [0.1, 0.15) is 6.42 Å². The number of methoxy groups -OCH3 is 2. The smallest absolute Gasteiger partial charge is 0.221 e. The van der Waals surface area contributed by atoms with E-state index in [0.717, 1.165) is 5.69 Å². The molecular weight excluding hydrogens is 246 g/mol. The summed E-state index contributed by atoms with van der Waals surface area (Å²) in [4.78, 5) is 11.5. The lowest BCUT2D eigenvalue weighted by Gasteiger charge is -2.12. The average molecular weight is 267 g/mol. The van der Waals surface area contributed by atoms with Gasteiger partial charge in [0.05, 0.1) is 25.1 Å². The molecule has 0 heterocycles. The largest absolute Gasteiger partial charge is 0.495 e. The first kappa shape index (κ1) is 15.1. The van der Waals surface area contributed by atoms with Crippen molar-refractivity contribution in [2.24, 2.45) is 0 Å². The van der Waals surface area contributed by atoms with Crippen LogP contribution in [0.4, 0.5) is 11.4 Å². The van der Waals surface area contributed by atoms with Crippen LogP contribution in [0.15, 0.2) is 18.2 Å². The van der Waals surface area contributed by atoms with Crippen molar-refractivity contribution in [3.8, 4) is 5.75 Å². The first-order valence-electron chi connectivity index (χ1n) is 6.11. The van der Waals surface area contributed by atoms with Gasteiger partial charge in [-0.25, -0.2) is 0 Å². The van der Waals surface area contributed by atoms with Crippen LogP contribution < -0.4 is 21.1 Å². The molecule has 1 amide bonds. The molecule has 0 atom stereocenters. The molecule has 0 aliphatic rings. The fraction of sp³-hybridized carbons (Fsp3) is 0.462. The molecule has 0 radical (unpaired) electrons. The number of nitrogens with two attached hydrogens (primary N) is 1. The van der Waals surface area contributed by atoms with Gasteiger partial charge in [-0.05, 0) is 12.1 Å². The Kier molecular flexibility index (Phi) is 6.52. The monoisotopic (exact) mass is 267 g/mol. The van der Waals surface area contributed by atoms with E-state index in [1.807, 2.05) is 12.1 Å². The van der Waals surface area contributed by atoms with Crippen LogP contribution in [-0.2, 0) is 9.53 Å². The van der Waals surface area contributed by atoms with E-state index in [9.17, 15) is 4.79 Å². The third-order valence-electron chi connectivity index (χ3n) is 2.58. The minimum Gasteiger partial charge on any atom is -0.495 e. The summed E-state index contributed by atoms with van der Waals surface area (Å²) in [5.41, 5.74) is 7.22. The summed E-state index contributed by atoms with van der Waals surface area (Å²) in [7, 11) is 3.16. The summed E-state index contributed by atoms with van der Waals surface area (Å²) in [5.74, 6) is 0.598. The molecular formula is C13H21N3O3. The first-order chi connectivity index (χ1) is 9.19. The Balaban J connectivity index is 2.35. The maximum Gasteiger partial charge on any atom is 0.221 e. The van der Waals surface area contributed by atoms with Crippen molar-refractivity contribution in [3.05, 3.63) is 18.2 Å². The van der Waals surface area contributed by atoms with Gasteiger partial charge in [-0.1, -0.05) is 6.07 Å². The van der Waals surface area contributed by atoms with Crippen molar-refractivity contribution in [1.82, 2.24) is 5.32 Å². The quantitative estimate of drug-likeness (QED) is 0.480. The Hall–Kier alpha value is -1.95. The molecule has 0 aliphatic carbocycles. The van der Waals surface area contributed by atoms with E-state index < -0.39 is 0 Å². The van der Waals surface area contributed by atoms with Gasteiger partial charge in [0.1, 0.15) is 5.75 Å². The van der Waals surface area contributed by atoms with Crippen molar-refractivity contribution in [2.45, 2.75) is 6.42 Å². The Bertz CT molecular complexity index is 410. The highest BCUT2D eigenvalue weighted by Gasteiger charge is 2.05. The second-order valence-corrected chi connectivity index (χ2v) is 3.94. The maximum atomic E-state index is 11.5. The number of nitrogen functional groups attached to an aromatic ring is 1. The predicted molar refractivity (Wildman–Crippen MR) is 75.4 cm³/mol. The zero-order valence-electron chi connectivity index (χ0n) is 11.4. The average Bonchev–Trinajstić information content (AvgIpc) is 2.41. The summed E-state index contributed by atoms with van der Waals surface area (Å²) >= 11 is 0.